The molecule has 8 heteroatoms. The molecule has 2 aliphatic rings. The molecule has 0 spiro atoms. The fraction of sp³-hybridized carbons (Fsp3) is 0.120. The molecule has 0 saturated carbocycles. The highest BCUT2D eigenvalue weighted by Gasteiger charge is 2.44. The number of carbonyl (C=O) groups excluding carboxylic acids is 1. The van der Waals surface area contributed by atoms with Crippen LogP contribution in [0.15, 0.2) is 89.3 Å². The summed E-state index contributed by atoms with van der Waals surface area (Å²) in [4.78, 5) is 36.0. The van der Waals surface area contributed by atoms with Crippen molar-refractivity contribution in [1.29, 1.82) is 0 Å². The highest BCUT2D eigenvalue weighted by Crippen LogP contribution is 2.42. The summed E-state index contributed by atoms with van der Waals surface area (Å²) in [6.07, 6.45) is 3.39. The van der Waals surface area contributed by atoms with Crippen LogP contribution in [0, 0.1) is 0 Å². The first-order chi connectivity index (χ1) is 16.0. The van der Waals surface area contributed by atoms with Gasteiger partial charge in [-0.2, -0.15) is 0 Å². The largest absolute Gasteiger partial charge is 0.478 e. The molecule has 5 rings (SSSR count). The lowest BCUT2D eigenvalue weighted by molar-refractivity contribution is -0.115. The number of carboxylic acids is 1. The molecular formula is C25H19ClN4O3. The Hall–Kier alpha value is -3.97. The van der Waals surface area contributed by atoms with Crippen LogP contribution >= 0.6 is 11.6 Å². The number of amides is 1. The van der Waals surface area contributed by atoms with Crippen LogP contribution in [-0.2, 0) is 4.79 Å². The van der Waals surface area contributed by atoms with Crippen molar-refractivity contribution in [2.45, 2.75) is 6.04 Å². The molecule has 0 aliphatic carbocycles. The van der Waals surface area contributed by atoms with Gasteiger partial charge in [0.25, 0.3) is 5.91 Å². The Bertz CT molecular complexity index is 1300. The summed E-state index contributed by atoms with van der Waals surface area (Å²) in [5.41, 5.74) is 4.11. The third-order valence-corrected chi connectivity index (χ3v) is 5.91. The van der Waals surface area contributed by atoms with Crippen LogP contribution in [0.1, 0.15) is 27.5 Å². The van der Waals surface area contributed by atoms with Crippen LogP contribution in [0.2, 0.25) is 5.02 Å². The van der Waals surface area contributed by atoms with Crippen molar-refractivity contribution < 1.29 is 14.7 Å². The number of carboxylic acid groups (broad SMARTS) is 1. The van der Waals surface area contributed by atoms with Gasteiger partial charge in [-0.3, -0.25) is 19.7 Å². The van der Waals surface area contributed by atoms with Gasteiger partial charge in [0.1, 0.15) is 5.70 Å². The number of benzene rings is 2. The smallest absolute Gasteiger partial charge is 0.335 e. The lowest BCUT2D eigenvalue weighted by Crippen LogP contribution is -2.34. The number of carbonyl (C=O) groups is 2. The molecule has 1 aromatic heterocycles. The normalized spacial score (nSPS) is 17.8. The molecule has 2 aliphatic heterocycles. The van der Waals surface area contributed by atoms with Gasteiger partial charge in [-0.15, -0.1) is 0 Å². The van der Waals surface area contributed by atoms with Crippen LogP contribution in [-0.4, -0.2) is 40.8 Å². The number of hydrogen-bond acceptors (Lipinski definition) is 5. The number of nitrogens with one attached hydrogen (secondary N) is 1. The summed E-state index contributed by atoms with van der Waals surface area (Å²) in [5.74, 6) is -1.30. The summed E-state index contributed by atoms with van der Waals surface area (Å²) in [5, 5.41) is 13.4. The van der Waals surface area contributed by atoms with Gasteiger partial charge in [-0.25, -0.2) is 4.79 Å². The topological polar surface area (TPSA) is 94.9 Å². The molecule has 2 aromatic carbocycles. The standard InChI is InChI=1S/C25H19ClN4O3/c26-18-8-6-15(7-9-18)21-20-22(29-12-11-28-21)24(31)30(23(20)17-4-2-10-27-14-17)19-5-1-3-16(13-19)25(32)33/h1-10,13-14,23,29H,11-12H2,(H,32,33)/t23-/m0/s1. The summed E-state index contributed by atoms with van der Waals surface area (Å²) >= 11 is 6.10. The molecule has 33 heavy (non-hydrogen) atoms. The van der Waals surface area contributed by atoms with E-state index in [0.717, 1.165) is 16.7 Å². The maximum Gasteiger partial charge on any atom is 0.335 e. The number of rotatable bonds is 4. The molecule has 1 atom stereocenters. The maximum atomic E-state index is 13.8. The summed E-state index contributed by atoms with van der Waals surface area (Å²) < 4.78 is 0. The molecule has 3 aromatic rings. The molecule has 0 saturated heterocycles. The van der Waals surface area contributed by atoms with Crippen molar-refractivity contribution in [3.05, 3.63) is 106 Å². The van der Waals surface area contributed by atoms with Crippen LogP contribution < -0.4 is 10.2 Å². The average Bonchev–Trinajstić information content (AvgIpc) is 2.97. The highest BCUT2D eigenvalue weighted by molar-refractivity contribution is 6.31. The van der Waals surface area contributed by atoms with Gasteiger partial charge in [0.15, 0.2) is 0 Å². The van der Waals surface area contributed by atoms with E-state index in [9.17, 15) is 14.7 Å². The van der Waals surface area contributed by atoms with E-state index in [2.05, 4.69) is 10.3 Å². The van der Waals surface area contributed by atoms with E-state index in [0.29, 0.717) is 35.2 Å². The van der Waals surface area contributed by atoms with Crippen molar-refractivity contribution in [2.24, 2.45) is 4.99 Å². The number of pyridine rings is 1. The second kappa shape index (κ2) is 8.52. The first kappa shape index (κ1) is 20.9. The third-order valence-electron chi connectivity index (χ3n) is 5.66. The zero-order valence-corrected chi connectivity index (χ0v) is 18.2. The number of halogens is 1. The molecule has 164 valence electrons. The average molecular weight is 459 g/mol. The molecule has 1 amide bonds. The van der Waals surface area contributed by atoms with Gasteiger partial charge >= 0.3 is 5.97 Å². The number of anilines is 1. The maximum absolute atomic E-state index is 13.8. The number of aliphatic imine (C=N–C) groups is 1. The Morgan fingerprint density at radius 2 is 1.94 bits per heavy atom. The first-order valence-electron chi connectivity index (χ1n) is 10.4. The van der Waals surface area contributed by atoms with Gasteiger partial charge in [-0.05, 0) is 42.0 Å². The monoisotopic (exact) mass is 458 g/mol. The van der Waals surface area contributed by atoms with Crippen molar-refractivity contribution >= 4 is 34.9 Å². The SMILES string of the molecule is O=C(O)c1cccc(N2C(=O)C3=C(C(c4ccc(Cl)cc4)=NCCN3)[C@@H]2c2cccnc2)c1. The van der Waals surface area contributed by atoms with Crippen LogP contribution in [0.4, 0.5) is 5.69 Å². The lowest BCUT2D eigenvalue weighted by Gasteiger charge is -2.28. The molecule has 2 N–H and O–H groups in total. The Balaban J connectivity index is 1.71. The minimum Gasteiger partial charge on any atom is -0.478 e. The highest BCUT2D eigenvalue weighted by atomic mass is 35.5. The summed E-state index contributed by atoms with van der Waals surface area (Å²) in [6.45, 7) is 1.01. The zero-order chi connectivity index (χ0) is 22.9. The number of aromatic nitrogens is 1. The number of aromatic carboxylic acids is 1. The number of hydrogen-bond donors (Lipinski definition) is 2. The van der Waals surface area contributed by atoms with Crippen molar-refractivity contribution in [2.75, 3.05) is 18.0 Å². The van der Waals surface area contributed by atoms with E-state index in [-0.39, 0.29) is 11.5 Å². The summed E-state index contributed by atoms with van der Waals surface area (Å²) in [7, 11) is 0. The Labute approximate surface area is 195 Å². The Morgan fingerprint density at radius 3 is 2.67 bits per heavy atom. The van der Waals surface area contributed by atoms with E-state index in [4.69, 9.17) is 16.6 Å². The molecular weight excluding hydrogens is 440 g/mol. The Kier molecular flexibility index (Phi) is 5.40. The van der Waals surface area contributed by atoms with E-state index in [1.807, 2.05) is 24.3 Å². The molecule has 7 nitrogen and oxygen atoms in total. The molecule has 0 radical (unpaired) electrons. The van der Waals surface area contributed by atoms with Crippen molar-refractivity contribution in [1.82, 2.24) is 10.3 Å². The van der Waals surface area contributed by atoms with Crippen molar-refractivity contribution in [3.8, 4) is 0 Å². The quantitative estimate of drug-likeness (QED) is 0.619. The second-order valence-electron chi connectivity index (χ2n) is 7.67. The van der Waals surface area contributed by atoms with Crippen molar-refractivity contribution in [3.63, 3.8) is 0 Å². The predicted octanol–water partition coefficient (Wildman–Crippen LogP) is 3.87. The second-order valence-corrected chi connectivity index (χ2v) is 8.11. The van der Waals surface area contributed by atoms with Gasteiger partial charge in [0.05, 0.1) is 23.9 Å². The van der Waals surface area contributed by atoms with E-state index >= 15 is 0 Å². The first-order valence-corrected chi connectivity index (χ1v) is 10.8. The van der Waals surface area contributed by atoms with Gasteiger partial charge in [0.2, 0.25) is 0 Å². The number of nitrogens with zero attached hydrogens (tertiary/aromatic N) is 3. The van der Waals surface area contributed by atoms with Gasteiger partial charge in [-0.1, -0.05) is 35.9 Å². The minimum atomic E-state index is -1.06. The summed E-state index contributed by atoms with van der Waals surface area (Å²) in [6, 6.07) is 16.9. The molecule has 0 bridgehead atoms. The minimum absolute atomic E-state index is 0.104. The predicted molar refractivity (Wildman–Crippen MR) is 126 cm³/mol. The van der Waals surface area contributed by atoms with E-state index < -0.39 is 12.0 Å². The van der Waals surface area contributed by atoms with E-state index in [1.54, 1.807) is 41.6 Å². The molecule has 0 unspecified atom stereocenters. The lowest BCUT2D eigenvalue weighted by atomic mass is 9.92. The zero-order valence-electron chi connectivity index (χ0n) is 17.4. The fourth-order valence-corrected chi connectivity index (χ4v) is 4.36. The third kappa shape index (κ3) is 3.76. The van der Waals surface area contributed by atoms with Crippen LogP contribution in [0.5, 0.6) is 0 Å². The molecule has 0 fully saturated rings. The van der Waals surface area contributed by atoms with Gasteiger partial charge < -0.3 is 10.4 Å². The molecule has 3 heterocycles. The van der Waals surface area contributed by atoms with E-state index in [1.165, 1.54) is 12.1 Å². The van der Waals surface area contributed by atoms with Gasteiger partial charge in [0, 0.05) is 40.8 Å². The fourth-order valence-electron chi connectivity index (χ4n) is 4.23. The van der Waals surface area contributed by atoms with Crippen LogP contribution in [0.3, 0.4) is 0 Å². The Morgan fingerprint density at radius 1 is 1.12 bits per heavy atom. The van der Waals surface area contributed by atoms with Crippen LogP contribution in [0.25, 0.3) is 0 Å².